The molecule has 1 aromatic heterocycles. The minimum Gasteiger partial charge on any atom is -0.323 e. The van der Waals surface area contributed by atoms with Crippen molar-refractivity contribution in [2.75, 3.05) is 32.5 Å². The van der Waals surface area contributed by atoms with E-state index in [0.29, 0.717) is 18.3 Å². The molecule has 128 valence electrons. The Labute approximate surface area is 140 Å². The zero-order valence-electron chi connectivity index (χ0n) is 13.9. The van der Waals surface area contributed by atoms with Crippen LogP contribution < -0.4 is 5.32 Å². The number of amides is 2. The van der Waals surface area contributed by atoms with Gasteiger partial charge >= 0.3 is 6.03 Å². The van der Waals surface area contributed by atoms with Crippen LogP contribution in [0, 0.1) is 5.82 Å². The van der Waals surface area contributed by atoms with Gasteiger partial charge in [-0.3, -0.25) is 4.68 Å². The molecule has 0 saturated carbocycles. The number of nitrogens with one attached hydrogen (secondary N) is 1. The summed E-state index contributed by atoms with van der Waals surface area (Å²) >= 11 is 0. The number of likely N-dealkylation sites (N-methyl/N-ethyl adjacent to an activating group) is 1. The summed E-state index contributed by atoms with van der Waals surface area (Å²) in [6.07, 6.45) is 4.35. The fraction of sp³-hybridized carbons (Fsp3) is 0.412. The zero-order chi connectivity index (χ0) is 17.1. The number of rotatable bonds is 4. The van der Waals surface area contributed by atoms with Gasteiger partial charge in [0.05, 0.1) is 18.4 Å². The molecule has 1 aromatic carbocycles. The van der Waals surface area contributed by atoms with Gasteiger partial charge in [-0.2, -0.15) is 5.10 Å². The van der Waals surface area contributed by atoms with Crippen LogP contribution in [0.25, 0.3) is 0 Å². The Balaban J connectivity index is 1.57. The van der Waals surface area contributed by atoms with E-state index in [1.54, 1.807) is 23.1 Å². The second-order valence-electron chi connectivity index (χ2n) is 6.34. The number of aromatic nitrogens is 2. The van der Waals surface area contributed by atoms with Crippen LogP contribution >= 0.6 is 0 Å². The lowest BCUT2D eigenvalue weighted by Crippen LogP contribution is -2.36. The van der Waals surface area contributed by atoms with Crippen molar-refractivity contribution in [2.24, 2.45) is 0 Å². The smallest absolute Gasteiger partial charge is 0.321 e. The number of halogens is 1. The van der Waals surface area contributed by atoms with Crippen LogP contribution in [0.4, 0.5) is 14.9 Å². The SMILES string of the molecule is CN(C)[C@@H]1CCN(C(=O)Nc2cnn(Cc3cccc(F)c3)c2)C1. The van der Waals surface area contributed by atoms with Crippen molar-refractivity contribution in [3.8, 4) is 0 Å². The molecule has 0 aliphatic carbocycles. The molecule has 0 bridgehead atoms. The molecule has 24 heavy (non-hydrogen) atoms. The first-order chi connectivity index (χ1) is 11.5. The number of carbonyl (C=O) groups excluding carboxylic acids is 1. The van der Waals surface area contributed by atoms with Gasteiger partial charge in [-0.25, -0.2) is 9.18 Å². The largest absolute Gasteiger partial charge is 0.323 e. The molecule has 1 N–H and O–H groups in total. The monoisotopic (exact) mass is 331 g/mol. The molecule has 0 radical (unpaired) electrons. The van der Waals surface area contributed by atoms with E-state index in [-0.39, 0.29) is 11.8 Å². The summed E-state index contributed by atoms with van der Waals surface area (Å²) in [6, 6.07) is 6.71. The molecule has 3 rings (SSSR count). The summed E-state index contributed by atoms with van der Waals surface area (Å²) in [5.74, 6) is -0.266. The lowest BCUT2D eigenvalue weighted by atomic mass is 10.2. The summed E-state index contributed by atoms with van der Waals surface area (Å²) in [5, 5.41) is 7.09. The van der Waals surface area contributed by atoms with Gasteiger partial charge in [0.2, 0.25) is 0 Å². The molecule has 1 aliphatic heterocycles. The quantitative estimate of drug-likeness (QED) is 0.935. The second kappa shape index (κ2) is 7.00. The number of carbonyl (C=O) groups is 1. The highest BCUT2D eigenvalue weighted by Gasteiger charge is 2.27. The topological polar surface area (TPSA) is 53.4 Å². The number of hydrogen-bond donors (Lipinski definition) is 1. The van der Waals surface area contributed by atoms with Gasteiger partial charge in [0.25, 0.3) is 0 Å². The van der Waals surface area contributed by atoms with Crippen molar-refractivity contribution in [1.82, 2.24) is 19.6 Å². The van der Waals surface area contributed by atoms with Gasteiger partial charge in [-0.15, -0.1) is 0 Å². The summed E-state index contributed by atoms with van der Waals surface area (Å²) in [6.45, 7) is 1.95. The molecular formula is C17H22FN5O. The van der Waals surface area contributed by atoms with E-state index >= 15 is 0 Å². The summed E-state index contributed by atoms with van der Waals surface area (Å²) in [4.78, 5) is 16.3. The number of benzene rings is 1. The fourth-order valence-corrected chi connectivity index (χ4v) is 2.89. The van der Waals surface area contributed by atoms with Crippen LogP contribution in [0.5, 0.6) is 0 Å². The van der Waals surface area contributed by atoms with Crippen LogP contribution in [0.3, 0.4) is 0 Å². The molecule has 0 spiro atoms. The van der Waals surface area contributed by atoms with Crippen molar-refractivity contribution < 1.29 is 9.18 Å². The lowest BCUT2D eigenvalue weighted by molar-refractivity contribution is 0.216. The average molecular weight is 331 g/mol. The third-order valence-corrected chi connectivity index (χ3v) is 4.30. The molecule has 2 aromatic rings. The highest BCUT2D eigenvalue weighted by molar-refractivity contribution is 5.89. The number of anilines is 1. The van der Waals surface area contributed by atoms with Gasteiger partial charge in [-0.1, -0.05) is 12.1 Å². The van der Waals surface area contributed by atoms with Crippen molar-refractivity contribution >= 4 is 11.7 Å². The molecule has 2 amide bonds. The first-order valence-electron chi connectivity index (χ1n) is 8.00. The molecule has 1 atom stereocenters. The van der Waals surface area contributed by atoms with E-state index in [1.807, 2.05) is 25.1 Å². The van der Waals surface area contributed by atoms with Crippen molar-refractivity contribution in [2.45, 2.75) is 19.0 Å². The maximum absolute atomic E-state index is 13.2. The highest BCUT2D eigenvalue weighted by atomic mass is 19.1. The predicted molar refractivity (Wildman–Crippen MR) is 90.4 cm³/mol. The standard InChI is InChI=1S/C17H22FN5O/c1-21(2)16-6-7-22(12-16)17(24)20-15-9-19-23(11-15)10-13-4-3-5-14(18)8-13/h3-5,8-9,11,16H,6-7,10,12H2,1-2H3,(H,20,24)/t16-/m1/s1. The fourth-order valence-electron chi connectivity index (χ4n) is 2.89. The normalized spacial score (nSPS) is 17.5. The maximum atomic E-state index is 13.2. The molecule has 2 heterocycles. The Kier molecular flexibility index (Phi) is 4.80. The Hall–Kier alpha value is -2.41. The first-order valence-corrected chi connectivity index (χ1v) is 8.00. The Morgan fingerprint density at radius 3 is 3.00 bits per heavy atom. The van der Waals surface area contributed by atoms with Crippen LogP contribution in [0.1, 0.15) is 12.0 Å². The predicted octanol–water partition coefficient (Wildman–Crippen LogP) is 2.24. The van der Waals surface area contributed by atoms with Crippen molar-refractivity contribution in [3.63, 3.8) is 0 Å². The molecule has 1 fully saturated rings. The minimum atomic E-state index is -0.266. The van der Waals surface area contributed by atoms with Gasteiger partial charge in [0.1, 0.15) is 5.82 Å². The van der Waals surface area contributed by atoms with E-state index < -0.39 is 0 Å². The molecule has 7 heteroatoms. The first kappa shape index (κ1) is 16.4. The van der Waals surface area contributed by atoms with E-state index in [0.717, 1.165) is 25.1 Å². The summed E-state index contributed by atoms with van der Waals surface area (Å²) in [5.41, 5.74) is 1.47. The highest BCUT2D eigenvalue weighted by Crippen LogP contribution is 2.15. The molecule has 1 aliphatic rings. The Bertz CT molecular complexity index is 715. The van der Waals surface area contributed by atoms with E-state index in [2.05, 4.69) is 15.3 Å². The second-order valence-corrected chi connectivity index (χ2v) is 6.34. The Morgan fingerprint density at radius 1 is 1.46 bits per heavy atom. The van der Waals surface area contributed by atoms with Crippen molar-refractivity contribution in [1.29, 1.82) is 0 Å². The average Bonchev–Trinajstić information content (AvgIpc) is 3.17. The zero-order valence-corrected chi connectivity index (χ0v) is 13.9. The van der Waals surface area contributed by atoms with E-state index in [1.165, 1.54) is 12.1 Å². The van der Waals surface area contributed by atoms with E-state index in [4.69, 9.17) is 0 Å². The third kappa shape index (κ3) is 3.91. The van der Waals surface area contributed by atoms with Gasteiger partial charge < -0.3 is 15.1 Å². The van der Waals surface area contributed by atoms with Crippen LogP contribution in [0.15, 0.2) is 36.7 Å². The summed E-state index contributed by atoms with van der Waals surface area (Å²) in [7, 11) is 4.06. The number of urea groups is 1. The number of likely N-dealkylation sites (tertiary alicyclic amines) is 1. The number of hydrogen-bond acceptors (Lipinski definition) is 3. The molecular weight excluding hydrogens is 309 g/mol. The van der Waals surface area contributed by atoms with Crippen LogP contribution in [0.2, 0.25) is 0 Å². The van der Waals surface area contributed by atoms with E-state index in [9.17, 15) is 9.18 Å². The number of nitrogens with zero attached hydrogens (tertiary/aromatic N) is 4. The lowest BCUT2D eigenvalue weighted by Gasteiger charge is -2.20. The van der Waals surface area contributed by atoms with Crippen LogP contribution in [-0.4, -0.2) is 58.8 Å². The third-order valence-electron chi connectivity index (χ3n) is 4.30. The Morgan fingerprint density at radius 2 is 2.29 bits per heavy atom. The maximum Gasteiger partial charge on any atom is 0.321 e. The summed E-state index contributed by atoms with van der Waals surface area (Å²) < 4.78 is 14.9. The molecule has 1 saturated heterocycles. The molecule has 6 nitrogen and oxygen atoms in total. The van der Waals surface area contributed by atoms with Crippen LogP contribution in [-0.2, 0) is 6.54 Å². The molecule has 0 unspecified atom stereocenters. The van der Waals surface area contributed by atoms with Crippen molar-refractivity contribution in [3.05, 3.63) is 48.0 Å². The van der Waals surface area contributed by atoms with Gasteiger partial charge in [0.15, 0.2) is 0 Å². The van der Waals surface area contributed by atoms with Gasteiger partial charge in [0, 0.05) is 25.3 Å². The van der Waals surface area contributed by atoms with Gasteiger partial charge in [-0.05, 0) is 38.2 Å². The minimum absolute atomic E-state index is 0.107.